The maximum absolute atomic E-state index is 12.7. The maximum Gasteiger partial charge on any atom is 0.419 e. The molecule has 0 spiro atoms. The Morgan fingerprint density at radius 1 is 0.311 bits per heavy atom. The number of halogens is 12. The largest absolute Gasteiger partial charge is 0.419 e. The van der Waals surface area contributed by atoms with E-state index in [1.54, 1.807) is 72.1 Å². The molecule has 8 N–H and O–H groups in total. The quantitative estimate of drug-likeness (QED) is 0.0134. The van der Waals surface area contributed by atoms with Crippen LogP contribution in [0.3, 0.4) is 0 Å². The molecule has 0 bridgehead atoms. The minimum Gasteiger partial charge on any atom is -0.381 e. The molecule has 4 amide bonds. The molecule has 808 valence electrons. The number of nitrogens with one attached hydrogen (secondary N) is 8. The number of aromatic amines is 4. The smallest absolute Gasteiger partial charge is 0.381 e. The zero-order valence-electron chi connectivity index (χ0n) is 82.4. The fourth-order valence-corrected chi connectivity index (χ4v) is 18.3. The molecule has 0 aromatic carbocycles. The maximum atomic E-state index is 12.7. The van der Waals surface area contributed by atoms with Gasteiger partial charge in [-0.3, -0.25) is 38.4 Å². The van der Waals surface area contributed by atoms with Crippen LogP contribution in [0.4, 0.5) is 75.4 Å². The van der Waals surface area contributed by atoms with E-state index in [9.17, 15) is 91.0 Å². The number of ether oxygens (including phenoxy) is 8. The number of amides is 4. The summed E-state index contributed by atoms with van der Waals surface area (Å²) in [4.78, 5) is 136. The van der Waals surface area contributed by atoms with Crippen LogP contribution in [0.2, 0.25) is 0 Å². The number of carbonyl (C=O) groups is 4. The zero-order chi connectivity index (χ0) is 106. The Kier molecular flexibility index (Phi) is 41.0. The second kappa shape index (κ2) is 53.8. The van der Waals surface area contributed by atoms with Gasteiger partial charge in [0.05, 0.1) is 199 Å². The van der Waals surface area contributed by atoms with Crippen LogP contribution in [0, 0.1) is 51.4 Å². The first-order chi connectivity index (χ1) is 70.9. The van der Waals surface area contributed by atoms with Gasteiger partial charge in [-0.05, 0) is 105 Å². The molecule has 16 rings (SSSR count). The van der Waals surface area contributed by atoms with Gasteiger partial charge < -0.3 is 78.8 Å². The van der Waals surface area contributed by atoms with Crippen molar-refractivity contribution in [3.05, 3.63) is 184 Å². The lowest BCUT2D eigenvalue weighted by Crippen LogP contribution is -2.39. The van der Waals surface area contributed by atoms with Gasteiger partial charge in [0, 0.05) is 198 Å². The van der Waals surface area contributed by atoms with Crippen LogP contribution in [0.1, 0.15) is 194 Å². The fourth-order valence-electron chi connectivity index (χ4n) is 18.3. The predicted molar refractivity (Wildman–Crippen MR) is 508 cm³/mol. The summed E-state index contributed by atoms with van der Waals surface area (Å²) in [5.41, 5.74) is 0.211. The Morgan fingerprint density at radius 3 is 0.655 bits per heavy atom. The number of H-pyrrole nitrogens is 4. The molecule has 0 radical (unpaired) electrons. The summed E-state index contributed by atoms with van der Waals surface area (Å²) in [6.45, 7) is 18.2. The third kappa shape index (κ3) is 32.9. The minimum atomic E-state index is -4.46. The number of rotatable bonds is 36. The van der Waals surface area contributed by atoms with Gasteiger partial charge in [-0.25, -0.2) is 60.3 Å². The second-order valence-corrected chi connectivity index (χ2v) is 37.7. The summed E-state index contributed by atoms with van der Waals surface area (Å²) in [5.74, 6) is 1.91. The van der Waals surface area contributed by atoms with Crippen molar-refractivity contribution in [3.63, 3.8) is 0 Å². The van der Waals surface area contributed by atoms with Gasteiger partial charge in [0.1, 0.15) is 23.3 Å². The van der Waals surface area contributed by atoms with Crippen molar-refractivity contribution in [1.82, 2.24) is 100 Å². The fraction of sp³-hybridized carbons (Fsp3) is 0.625. The highest BCUT2D eigenvalue weighted by Crippen LogP contribution is 2.38. The van der Waals surface area contributed by atoms with E-state index >= 15 is 0 Å². The molecular formula is C96H124F12N24O16. The highest BCUT2D eigenvalue weighted by Gasteiger charge is 2.40. The van der Waals surface area contributed by atoms with Crippen LogP contribution < -0.4 is 43.5 Å². The average Bonchev–Trinajstić information content (AvgIpc) is 1.28. The van der Waals surface area contributed by atoms with E-state index in [0.29, 0.717) is 251 Å². The van der Waals surface area contributed by atoms with Crippen molar-refractivity contribution in [2.24, 2.45) is 23.7 Å². The second-order valence-electron chi connectivity index (χ2n) is 37.7. The first kappa shape index (κ1) is 113. The Bertz CT molecular complexity index is 5090. The number of alkyl halides is 12. The SMILES string of the molecule is Cc1c(N[C@@H](COCCC(=O)N2CCC(c3ncc(C(F)(F)F)cn3)CC2)[C@@H]2CCOC2)cn[nH]c1=O.Cc1c(N[C@@H](COCCC(=O)N2CCC(c3ncc(C(F)(F)F)cn3)CC2)[C@H]2CCOC2)cn[nH]c1=O.Cc1c(N[C@H](COCCC(=O)N2CCC(c3ncc(C(F)(F)F)cn3)CC2)[C@@H]2CCOC2)cn[nH]c1=O.Cc1c(N[C@H](COCCC(=O)N2CCC(c3ncc(C(F)(F)F)cn3)CC2)[C@H]2CCOC2)cn[nH]c1=O. The molecule has 148 heavy (non-hydrogen) atoms. The Balaban J connectivity index is 0.000000165. The molecular weight excluding hydrogens is 1970 g/mol. The molecule has 8 aromatic rings. The van der Waals surface area contributed by atoms with Gasteiger partial charge in [-0.2, -0.15) is 73.1 Å². The number of nitrogens with zero attached hydrogens (tertiary/aromatic N) is 16. The molecule has 0 aliphatic carbocycles. The molecule has 8 atom stereocenters. The number of hydrogen-bond donors (Lipinski definition) is 8. The molecule has 8 aromatic heterocycles. The van der Waals surface area contributed by atoms with Gasteiger partial charge in [0.15, 0.2) is 0 Å². The van der Waals surface area contributed by atoms with Crippen LogP contribution in [0.5, 0.6) is 0 Å². The van der Waals surface area contributed by atoms with Gasteiger partial charge in [-0.1, -0.05) is 0 Å². The number of aromatic nitrogens is 16. The Hall–Kier alpha value is -12.2. The topological polar surface area (TPSA) is 489 Å². The molecule has 8 aliphatic heterocycles. The molecule has 8 aliphatic rings. The van der Waals surface area contributed by atoms with Crippen LogP contribution in [0.25, 0.3) is 0 Å². The predicted octanol–water partition coefficient (Wildman–Crippen LogP) is 10.1. The van der Waals surface area contributed by atoms with E-state index in [1.165, 1.54) is 0 Å². The van der Waals surface area contributed by atoms with E-state index in [2.05, 4.69) is 102 Å². The number of carbonyl (C=O) groups excluding carboxylic acids is 4. The normalized spacial score (nSPS) is 19.7. The number of piperidine rings is 4. The van der Waals surface area contributed by atoms with E-state index in [0.717, 1.165) is 75.3 Å². The van der Waals surface area contributed by atoms with Crippen LogP contribution in [-0.2, 0) is 81.8 Å². The summed E-state index contributed by atoms with van der Waals surface area (Å²) in [5, 5.41) is 38.5. The van der Waals surface area contributed by atoms with Crippen LogP contribution in [0.15, 0.2) is 93.5 Å². The van der Waals surface area contributed by atoms with Crippen molar-refractivity contribution in [3.8, 4) is 0 Å². The van der Waals surface area contributed by atoms with Gasteiger partial charge in [-0.15, -0.1) is 0 Å². The van der Waals surface area contributed by atoms with Crippen LogP contribution in [-0.4, -0.2) is 306 Å². The Morgan fingerprint density at radius 2 is 0.493 bits per heavy atom. The first-order valence-corrected chi connectivity index (χ1v) is 49.4. The summed E-state index contributed by atoms with van der Waals surface area (Å²) in [6, 6.07) is -0.391. The average molecular weight is 2100 g/mol. The van der Waals surface area contributed by atoms with Gasteiger partial charge in [0.2, 0.25) is 23.6 Å². The minimum absolute atomic E-state index is 0.0323. The molecule has 52 heteroatoms. The van der Waals surface area contributed by atoms with Crippen molar-refractivity contribution in [2.45, 2.75) is 203 Å². The van der Waals surface area contributed by atoms with E-state index in [4.69, 9.17) is 37.9 Å². The third-order valence-electron chi connectivity index (χ3n) is 27.8. The standard InChI is InChI=1S/4C24H31F3N6O4/c4*1-15-19(12-30-32-23(15)35)31-20(17-4-8-36-13-17)14-37-9-5-21(34)33-6-2-16(3-7-33)22-28-10-18(11-29-22)24(25,26)27/h4*10-12,16-17,20H,2-9,13-14H2,1H3,(H2,31,32,35)/t2*17-,20+;2*17-,20-/m1010/s1. The first-order valence-electron chi connectivity index (χ1n) is 49.4. The molecule has 8 fully saturated rings. The molecule has 0 unspecified atom stereocenters. The van der Waals surface area contributed by atoms with Gasteiger partial charge in [0.25, 0.3) is 22.2 Å². The molecule has 8 saturated heterocycles. The van der Waals surface area contributed by atoms with Crippen molar-refractivity contribution in [2.75, 3.05) is 179 Å². The van der Waals surface area contributed by atoms with E-state index < -0.39 is 47.0 Å². The van der Waals surface area contributed by atoms with Crippen molar-refractivity contribution in [1.29, 1.82) is 0 Å². The zero-order valence-corrected chi connectivity index (χ0v) is 82.4. The molecule has 16 heterocycles. The number of anilines is 4. The molecule has 0 saturated carbocycles. The lowest BCUT2D eigenvalue weighted by molar-refractivity contribution is -0.139. The van der Waals surface area contributed by atoms with Gasteiger partial charge >= 0.3 is 24.7 Å². The summed E-state index contributed by atoms with van der Waals surface area (Å²) < 4.78 is 198. The number of hydrogen-bond acceptors (Lipinski definition) is 32. The summed E-state index contributed by atoms with van der Waals surface area (Å²) in [7, 11) is 0. The van der Waals surface area contributed by atoms with Crippen molar-refractivity contribution >= 4 is 46.4 Å². The summed E-state index contributed by atoms with van der Waals surface area (Å²) in [6.07, 6.45) is 4.02. The van der Waals surface area contributed by atoms with E-state index in [1.807, 2.05) is 0 Å². The lowest BCUT2D eigenvalue weighted by Gasteiger charge is -2.31. The Labute approximate surface area is 842 Å². The highest BCUT2D eigenvalue weighted by molar-refractivity contribution is 5.78. The van der Waals surface area contributed by atoms with Crippen molar-refractivity contribution < 1.29 is 110 Å². The summed E-state index contributed by atoms with van der Waals surface area (Å²) >= 11 is 0. The highest BCUT2D eigenvalue weighted by atomic mass is 19.4. The number of likely N-dealkylation sites (tertiary alicyclic amines) is 4. The monoisotopic (exact) mass is 2100 g/mol. The molecule has 40 nitrogen and oxygen atoms in total. The third-order valence-corrected chi connectivity index (χ3v) is 27.8. The lowest BCUT2D eigenvalue weighted by atomic mass is 9.95. The van der Waals surface area contributed by atoms with E-state index in [-0.39, 0.29) is 169 Å². The van der Waals surface area contributed by atoms with Crippen LogP contribution >= 0.6 is 0 Å².